The van der Waals surface area contributed by atoms with E-state index in [4.69, 9.17) is 10.2 Å². The first-order valence-corrected chi connectivity index (χ1v) is 1.86. The molecule has 0 spiro atoms. The van der Waals surface area contributed by atoms with Crippen molar-refractivity contribution >= 4 is 5.97 Å². The lowest BCUT2D eigenvalue weighted by molar-refractivity contribution is -0.137. The van der Waals surface area contributed by atoms with E-state index in [1.807, 2.05) is 0 Å². The van der Waals surface area contributed by atoms with Crippen LogP contribution in [0, 0.1) is 6.10 Å². The van der Waals surface area contributed by atoms with Gasteiger partial charge < -0.3 is 10.2 Å². The Kier molecular flexibility index (Phi) is 2.37. The van der Waals surface area contributed by atoms with Crippen LogP contribution in [-0.4, -0.2) is 16.2 Å². The molecule has 0 saturated heterocycles. The van der Waals surface area contributed by atoms with Crippen molar-refractivity contribution in [2.75, 3.05) is 0 Å². The van der Waals surface area contributed by atoms with Gasteiger partial charge in [0.05, 0.1) is 6.42 Å². The third kappa shape index (κ3) is 5.43. The second-order valence-electron chi connectivity index (χ2n) is 1.31. The summed E-state index contributed by atoms with van der Waals surface area (Å²) in [4.78, 5) is 9.63. The van der Waals surface area contributed by atoms with Crippen LogP contribution in [0.3, 0.4) is 0 Å². The lowest BCUT2D eigenvalue weighted by Crippen LogP contribution is -1.99. The van der Waals surface area contributed by atoms with E-state index in [1.54, 1.807) is 0 Å². The van der Waals surface area contributed by atoms with Gasteiger partial charge in [-0.25, -0.2) is 0 Å². The van der Waals surface area contributed by atoms with Crippen LogP contribution < -0.4 is 0 Å². The molecular formula is C4H7O3. The molecule has 0 bridgehead atoms. The van der Waals surface area contributed by atoms with E-state index in [0.29, 0.717) is 0 Å². The maximum Gasteiger partial charge on any atom is 0.306 e. The van der Waals surface area contributed by atoms with Gasteiger partial charge in [-0.05, 0) is 6.92 Å². The number of aliphatic hydroxyl groups excluding tert-OH is 1. The minimum atomic E-state index is -1.000. The van der Waals surface area contributed by atoms with Gasteiger partial charge in [0.1, 0.15) is 6.10 Å². The molecule has 0 aliphatic carbocycles. The third-order valence-corrected chi connectivity index (χ3v) is 0.407. The Morgan fingerprint density at radius 3 is 2.00 bits per heavy atom. The van der Waals surface area contributed by atoms with Crippen LogP contribution in [0.1, 0.15) is 13.3 Å². The van der Waals surface area contributed by atoms with Crippen molar-refractivity contribution in [2.45, 2.75) is 13.3 Å². The fourth-order valence-electron chi connectivity index (χ4n) is 0.219. The number of rotatable bonds is 2. The van der Waals surface area contributed by atoms with Crippen LogP contribution in [0.5, 0.6) is 0 Å². The molecule has 0 fully saturated rings. The first kappa shape index (κ1) is 6.43. The molecule has 7 heavy (non-hydrogen) atoms. The first-order valence-electron chi connectivity index (χ1n) is 1.86. The predicted molar refractivity (Wildman–Crippen MR) is 23.1 cm³/mol. The van der Waals surface area contributed by atoms with E-state index in [-0.39, 0.29) is 12.5 Å². The second kappa shape index (κ2) is 2.58. The maximum absolute atomic E-state index is 9.63. The number of carboxylic acid groups (broad SMARTS) is 1. The summed E-state index contributed by atoms with van der Waals surface area (Å²) in [6, 6.07) is 0. The van der Waals surface area contributed by atoms with Crippen molar-refractivity contribution in [3.63, 3.8) is 0 Å². The summed E-state index contributed by atoms with van der Waals surface area (Å²) in [5.41, 5.74) is 0. The molecule has 0 heterocycles. The Labute approximate surface area is 41.6 Å². The van der Waals surface area contributed by atoms with Crippen molar-refractivity contribution < 1.29 is 15.0 Å². The first-order chi connectivity index (χ1) is 3.13. The Hall–Kier alpha value is -0.570. The summed E-state index contributed by atoms with van der Waals surface area (Å²) in [6.07, 6.45) is -0.312. The molecule has 0 aromatic heterocycles. The molecule has 0 aromatic carbocycles. The van der Waals surface area contributed by atoms with Crippen molar-refractivity contribution in [2.24, 2.45) is 0 Å². The molecule has 0 aliphatic rings. The summed E-state index contributed by atoms with van der Waals surface area (Å²) < 4.78 is 0. The molecule has 0 saturated carbocycles. The quantitative estimate of drug-likeness (QED) is 0.531. The third-order valence-electron chi connectivity index (χ3n) is 0.407. The van der Waals surface area contributed by atoms with Gasteiger partial charge in [0, 0.05) is 0 Å². The van der Waals surface area contributed by atoms with Gasteiger partial charge >= 0.3 is 5.97 Å². The van der Waals surface area contributed by atoms with Crippen LogP contribution in [0.4, 0.5) is 0 Å². The average Bonchev–Trinajstić information content (AvgIpc) is 1.27. The van der Waals surface area contributed by atoms with Gasteiger partial charge in [-0.1, -0.05) is 0 Å². The highest BCUT2D eigenvalue weighted by Gasteiger charge is 2.01. The summed E-state index contributed by atoms with van der Waals surface area (Å²) in [5, 5.41) is 16.2. The van der Waals surface area contributed by atoms with Crippen molar-refractivity contribution in [1.29, 1.82) is 0 Å². The second-order valence-corrected chi connectivity index (χ2v) is 1.31. The molecule has 0 rings (SSSR count). The molecule has 41 valence electrons. The molecule has 0 aliphatic heterocycles. The molecular weight excluding hydrogens is 96.0 g/mol. The van der Waals surface area contributed by atoms with Gasteiger partial charge in [-0.3, -0.25) is 4.79 Å². The molecule has 0 aromatic rings. The predicted octanol–water partition coefficient (Wildman–Crippen LogP) is 0.385. The van der Waals surface area contributed by atoms with Gasteiger partial charge in [-0.15, -0.1) is 0 Å². The zero-order chi connectivity index (χ0) is 5.86. The number of carboxylic acids is 1. The molecule has 0 amide bonds. The van der Waals surface area contributed by atoms with Crippen molar-refractivity contribution in [1.82, 2.24) is 0 Å². The Morgan fingerprint density at radius 1 is 1.57 bits per heavy atom. The van der Waals surface area contributed by atoms with E-state index < -0.39 is 5.97 Å². The largest absolute Gasteiger partial charge is 0.481 e. The maximum atomic E-state index is 9.63. The van der Waals surface area contributed by atoms with Crippen LogP contribution in [0.2, 0.25) is 0 Å². The molecule has 1 radical (unpaired) electrons. The number of hydrogen-bond donors (Lipinski definition) is 2. The lowest BCUT2D eigenvalue weighted by Gasteiger charge is -1.92. The van der Waals surface area contributed by atoms with Gasteiger partial charge in [0.2, 0.25) is 0 Å². The molecule has 0 atom stereocenters. The Morgan fingerprint density at radius 2 is 2.00 bits per heavy atom. The molecule has 2 N–H and O–H groups in total. The van der Waals surface area contributed by atoms with Gasteiger partial charge in [0.15, 0.2) is 0 Å². The fraction of sp³-hybridized carbons (Fsp3) is 0.500. The van der Waals surface area contributed by atoms with Gasteiger partial charge in [-0.2, -0.15) is 0 Å². The molecule has 0 unspecified atom stereocenters. The number of hydrogen-bond acceptors (Lipinski definition) is 2. The molecule has 3 heteroatoms. The van der Waals surface area contributed by atoms with E-state index in [9.17, 15) is 4.79 Å². The Bertz CT molecular complexity index is 67.3. The SMILES string of the molecule is C[C](O)CC(=O)O. The van der Waals surface area contributed by atoms with Crippen molar-refractivity contribution in [3.05, 3.63) is 6.10 Å². The van der Waals surface area contributed by atoms with E-state index in [1.165, 1.54) is 6.92 Å². The standard InChI is InChI=1S/C4H7O3/c1-3(5)2-4(6)7/h5H,2H2,1H3,(H,6,7). The minimum Gasteiger partial charge on any atom is -0.481 e. The number of aliphatic carboxylic acids is 1. The highest BCUT2D eigenvalue weighted by Crippen LogP contribution is 1.95. The summed E-state index contributed by atoms with van der Waals surface area (Å²) in [6.45, 7) is 1.36. The van der Waals surface area contributed by atoms with E-state index in [2.05, 4.69) is 0 Å². The molecule has 3 nitrogen and oxygen atoms in total. The number of aliphatic hydroxyl groups is 1. The monoisotopic (exact) mass is 103 g/mol. The van der Waals surface area contributed by atoms with Crippen LogP contribution in [0.15, 0.2) is 0 Å². The minimum absolute atomic E-state index is 0.0625. The van der Waals surface area contributed by atoms with Gasteiger partial charge in [0.25, 0.3) is 0 Å². The van der Waals surface area contributed by atoms with Crippen LogP contribution in [0.25, 0.3) is 0 Å². The topological polar surface area (TPSA) is 57.5 Å². The smallest absolute Gasteiger partial charge is 0.306 e. The van der Waals surface area contributed by atoms with Crippen LogP contribution >= 0.6 is 0 Å². The van der Waals surface area contributed by atoms with E-state index >= 15 is 0 Å². The highest BCUT2D eigenvalue weighted by atomic mass is 16.4. The number of carbonyl (C=O) groups is 1. The van der Waals surface area contributed by atoms with Crippen molar-refractivity contribution in [3.8, 4) is 0 Å². The summed E-state index contributed by atoms with van der Waals surface area (Å²) >= 11 is 0. The summed E-state index contributed by atoms with van der Waals surface area (Å²) in [7, 11) is 0. The lowest BCUT2D eigenvalue weighted by atomic mass is 10.3. The zero-order valence-electron chi connectivity index (χ0n) is 4.01. The average molecular weight is 103 g/mol. The Balaban J connectivity index is 3.13. The van der Waals surface area contributed by atoms with Crippen LogP contribution in [-0.2, 0) is 4.79 Å². The summed E-state index contributed by atoms with van der Waals surface area (Å²) in [5.74, 6) is -1.000. The zero-order valence-corrected chi connectivity index (χ0v) is 4.01. The normalized spacial score (nSPS) is 9.57. The fourth-order valence-corrected chi connectivity index (χ4v) is 0.219. The van der Waals surface area contributed by atoms with E-state index in [0.717, 1.165) is 0 Å². The highest BCUT2D eigenvalue weighted by molar-refractivity contribution is 5.68.